The minimum Gasteiger partial charge on any atom is -0.364 e. The van der Waals surface area contributed by atoms with E-state index in [2.05, 4.69) is 6.07 Å². The Bertz CT molecular complexity index is 554. The molecule has 2 N–H and O–H groups in total. The lowest BCUT2D eigenvalue weighted by Crippen LogP contribution is -2.26. The molecule has 0 saturated carbocycles. The first-order valence-electron chi connectivity index (χ1n) is 5.43. The predicted octanol–water partition coefficient (Wildman–Crippen LogP) is 2.38. The van der Waals surface area contributed by atoms with Crippen LogP contribution in [0.15, 0.2) is 42.5 Å². The summed E-state index contributed by atoms with van der Waals surface area (Å²) in [6.45, 7) is 0. The van der Waals surface area contributed by atoms with Gasteiger partial charge in [-0.3, -0.25) is 0 Å². The van der Waals surface area contributed by atoms with Gasteiger partial charge in [0.15, 0.2) is 6.10 Å². The number of ether oxygens (including phenoxy) is 1. The summed E-state index contributed by atoms with van der Waals surface area (Å²) in [6.07, 6.45) is -0.624. The van der Waals surface area contributed by atoms with E-state index in [-0.39, 0.29) is 0 Å². The monoisotopic (exact) mass is 226 g/mol. The van der Waals surface area contributed by atoms with Gasteiger partial charge in [0, 0.05) is 7.11 Å². The number of hydrogen-bond donors (Lipinski definition) is 1. The number of methoxy groups -OCH3 is 1. The molecule has 2 aromatic carbocycles. The lowest BCUT2D eigenvalue weighted by atomic mass is 9.96. The topological polar surface area (TPSA) is 59.0 Å². The van der Waals surface area contributed by atoms with Gasteiger partial charge in [0.1, 0.15) is 0 Å². The molecule has 3 heteroatoms. The molecule has 2 aromatic rings. The van der Waals surface area contributed by atoms with Gasteiger partial charge in [0.05, 0.1) is 12.1 Å². The third kappa shape index (κ3) is 2.14. The van der Waals surface area contributed by atoms with E-state index < -0.39 is 12.1 Å². The fraction of sp³-hybridized carbons (Fsp3) is 0.214. The number of fused-ring (bicyclic) bond motifs is 1. The first kappa shape index (κ1) is 11.6. The molecule has 0 aliphatic carbocycles. The van der Waals surface area contributed by atoms with Gasteiger partial charge in [-0.25, -0.2) is 0 Å². The average Bonchev–Trinajstić information content (AvgIpc) is 2.39. The number of nitriles is 1. The molecule has 86 valence electrons. The molecule has 0 heterocycles. The van der Waals surface area contributed by atoms with E-state index in [0.29, 0.717) is 0 Å². The third-order valence-electron chi connectivity index (χ3n) is 2.89. The molecule has 0 aromatic heterocycles. The van der Waals surface area contributed by atoms with Crippen molar-refractivity contribution >= 4 is 10.8 Å². The van der Waals surface area contributed by atoms with E-state index in [1.165, 1.54) is 7.11 Å². The lowest BCUT2D eigenvalue weighted by Gasteiger charge is -2.18. The van der Waals surface area contributed by atoms with Gasteiger partial charge in [-0.2, -0.15) is 5.26 Å². The van der Waals surface area contributed by atoms with Crippen LogP contribution in [0.5, 0.6) is 0 Å². The summed E-state index contributed by atoms with van der Waals surface area (Å²) in [5.41, 5.74) is 7.02. The molecule has 0 saturated heterocycles. The first-order chi connectivity index (χ1) is 8.27. The Morgan fingerprint density at radius 2 is 1.88 bits per heavy atom. The van der Waals surface area contributed by atoms with Crippen molar-refractivity contribution in [3.05, 3.63) is 48.0 Å². The quantitative estimate of drug-likeness (QED) is 0.874. The molecule has 3 nitrogen and oxygen atoms in total. The Labute approximate surface area is 100 Å². The molecule has 0 radical (unpaired) electrons. The maximum absolute atomic E-state index is 8.97. The minimum absolute atomic E-state index is 0.434. The number of nitrogens with two attached hydrogens (primary N) is 1. The van der Waals surface area contributed by atoms with Crippen LogP contribution in [0.3, 0.4) is 0 Å². The average molecular weight is 226 g/mol. The van der Waals surface area contributed by atoms with E-state index in [1.807, 2.05) is 42.5 Å². The molecule has 2 rings (SSSR count). The van der Waals surface area contributed by atoms with Gasteiger partial charge in [0.2, 0.25) is 0 Å². The largest absolute Gasteiger partial charge is 0.364 e. The summed E-state index contributed by atoms with van der Waals surface area (Å²) in [5, 5.41) is 11.2. The third-order valence-corrected chi connectivity index (χ3v) is 2.89. The molecular weight excluding hydrogens is 212 g/mol. The molecule has 0 aliphatic heterocycles. The zero-order valence-electron chi connectivity index (χ0n) is 9.63. The van der Waals surface area contributed by atoms with Crippen molar-refractivity contribution in [3.63, 3.8) is 0 Å². The maximum atomic E-state index is 8.97. The Morgan fingerprint density at radius 3 is 2.59 bits per heavy atom. The summed E-state index contributed by atoms with van der Waals surface area (Å²) < 4.78 is 5.08. The number of nitrogens with zero attached hydrogens (tertiary/aromatic N) is 1. The zero-order valence-corrected chi connectivity index (χ0v) is 9.63. The standard InChI is InChI=1S/C14H14N2O/c1-17-13(9-15)14(16)12-8-4-6-10-5-2-3-7-11(10)12/h2-8,13-14H,16H2,1H3/t13-,14-/m0/s1. The van der Waals surface area contributed by atoms with Crippen LogP contribution in [-0.2, 0) is 4.74 Å². The van der Waals surface area contributed by atoms with Gasteiger partial charge >= 0.3 is 0 Å². The molecule has 0 aliphatic rings. The predicted molar refractivity (Wildman–Crippen MR) is 67.3 cm³/mol. The number of benzene rings is 2. The minimum atomic E-state index is -0.624. The van der Waals surface area contributed by atoms with Crippen LogP contribution in [0.25, 0.3) is 10.8 Å². The van der Waals surface area contributed by atoms with Crippen molar-refractivity contribution in [2.45, 2.75) is 12.1 Å². The normalized spacial score (nSPS) is 14.2. The van der Waals surface area contributed by atoms with Crippen molar-refractivity contribution in [1.29, 1.82) is 5.26 Å². The van der Waals surface area contributed by atoms with Crippen LogP contribution in [-0.4, -0.2) is 13.2 Å². The fourth-order valence-electron chi connectivity index (χ4n) is 1.98. The van der Waals surface area contributed by atoms with Crippen LogP contribution in [0, 0.1) is 11.3 Å². The van der Waals surface area contributed by atoms with Gasteiger partial charge in [-0.05, 0) is 16.3 Å². The highest BCUT2D eigenvalue weighted by atomic mass is 16.5. The number of rotatable bonds is 3. The van der Waals surface area contributed by atoms with E-state index >= 15 is 0 Å². The molecule has 17 heavy (non-hydrogen) atoms. The van der Waals surface area contributed by atoms with E-state index in [0.717, 1.165) is 16.3 Å². The second-order valence-electron chi connectivity index (χ2n) is 3.88. The van der Waals surface area contributed by atoms with Gasteiger partial charge in [-0.1, -0.05) is 42.5 Å². The van der Waals surface area contributed by atoms with Crippen molar-refractivity contribution in [2.75, 3.05) is 7.11 Å². The SMILES string of the molecule is CO[C@@H](C#N)[C@@H](N)c1cccc2ccccc12. The van der Waals surface area contributed by atoms with Crippen LogP contribution in [0.2, 0.25) is 0 Å². The highest BCUT2D eigenvalue weighted by molar-refractivity contribution is 5.86. The molecule has 0 spiro atoms. The molecular formula is C14H14N2O. The molecule has 0 bridgehead atoms. The van der Waals surface area contributed by atoms with Crippen molar-refractivity contribution in [3.8, 4) is 6.07 Å². The number of hydrogen-bond acceptors (Lipinski definition) is 3. The second-order valence-corrected chi connectivity index (χ2v) is 3.88. The molecule has 0 amide bonds. The van der Waals surface area contributed by atoms with E-state index in [9.17, 15) is 0 Å². The fourth-order valence-corrected chi connectivity index (χ4v) is 1.98. The van der Waals surface area contributed by atoms with Crippen molar-refractivity contribution in [1.82, 2.24) is 0 Å². The molecule has 0 unspecified atom stereocenters. The Balaban J connectivity index is 2.52. The van der Waals surface area contributed by atoms with Gasteiger partial charge in [0.25, 0.3) is 0 Å². The summed E-state index contributed by atoms with van der Waals surface area (Å²) in [5.74, 6) is 0. The van der Waals surface area contributed by atoms with Crippen molar-refractivity contribution < 1.29 is 4.74 Å². The second kappa shape index (κ2) is 4.96. The van der Waals surface area contributed by atoms with Gasteiger partial charge < -0.3 is 10.5 Å². The van der Waals surface area contributed by atoms with Crippen LogP contribution < -0.4 is 5.73 Å². The zero-order chi connectivity index (χ0) is 12.3. The maximum Gasteiger partial charge on any atom is 0.162 e. The smallest absolute Gasteiger partial charge is 0.162 e. The molecule has 2 atom stereocenters. The summed E-state index contributed by atoms with van der Waals surface area (Å²) in [4.78, 5) is 0. The summed E-state index contributed by atoms with van der Waals surface area (Å²) in [7, 11) is 1.50. The van der Waals surface area contributed by atoms with Crippen LogP contribution in [0.4, 0.5) is 0 Å². The summed E-state index contributed by atoms with van der Waals surface area (Å²) >= 11 is 0. The van der Waals surface area contributed by atoms with Crippen LogP contribution >= 0.6 is 0 Å². The van der Waals surface area contributed by atoms with Crippen LogP contribution in [0.1, 0.15) is 11.6 Å². The van der Waals surface area contributed by atoms with E-state index in [4.69, 9.17) is 15.7 Å². The first-order valence-corrected chi connectivity index (χ1v) is 5.43. The Kier molecular flexibility index (Phi) is 3.38. The van der Waals surface area contributed by atoms with Crippen molar-refractivity contribution in [2.24, 2.45) is 5.73 Å². The Morgan fingerprint density at radius 1 is 1.18 bits per heavy atom. The highest BCUT2D eigenvalue weighted by Crippen LogP contribution is 2.25. The summed E-state index contributed by atoms with van der Waals surface area (Å²) in [6, 6.07) is 15.5. The lowest BCUT2D eigenvalue weighted by molar-refractivity contribution is 0.125. The van der Waals surface area contributed by atoms with E-state index in [1.54, 1.807) is 0 Å². The Hall–Kier alpha value is -1.89. The highest BCUT2D eigenvalue weighted by Gasteiger charge is 2.19. The molecule has 0 fully saturated rings. The van der Waals surface area contributed by atoms with Gasteiger partial charge in [-0.15, -0.1) is 0 Å².